The zero-order chi connectivity index (χ0) is 18.7. The van der Waals surface area contributed by atoms with E-state index in [1.807, 2.05) is 0 Å². The fourth-order valence-electron chi connectivity index (χ4n) is 3.40. The van der Waals surface area contributed by atoms with Crippen LogP contribution in [0.15, 0.2) is 48.5 Å². The maximum absolute atomic E-state index is 12.9. The molecular weight excluding hydrogens is 350 g/mol. The van der Waals surface area contributed by atoms with Crippen molar-refractivity contribution < 1.29 is 14.4 Å². The molecule has 4 nitrogen and oxygen atoms in total. The van der Waals surface area contributed by atoms with Crippen LogP contribution >= 0.6 is 11.6 Å². The predicted octanol–water partition coefficient (Wildman–Crippen LogP) is 4.28. The molecule has 0 N–H and O–H groups in total. The molecule has 2 aromatic carbocycles. The lowest BCUT2D eigenvalue weighted by atomic mass is 9.89. The van der Waals surface area contributed by atoms with E-state index in [4.69, 9.17) is 11.6 Å². The maximum atomic E-state index is 12.9. The van der Waals surface area contributed by atoms with E-state index in [0.29, 0.717) is 34.8 Å². The summed E-state index contributed by atoms with van der Waals surface area (Å²) in [5.41, 5.74) is 1.39. The van der Waals surface area contributed by atoms with E-state index in [-0.39, 0.29) is 23.4 Å². The van der Waals surface area contributed by atoms with Crippen molar-refractivity contribution in [3.63, 3.8) is 0 Å². The molecule has 0 spiro atoms. The third kappa shape index (κ3) is 3.86. The number of rotatable bonds is 4. The number of Topliss-reactive ketones (excluding diaryl/α,β-unsaturated/α-hetero) is 2. The zero-order valence-corrected chi connectivity index (χ0v) is 15.3. The van der Waals surface area contributed by atoms with Crippen LogP contribution in [0, 0.1) is 5.92 Å². The molecular formula is C21H20ClNO3. The van der Waals surface area contributed by atoms with E-state index in [1.165, 1.54) is 6.92 Å². The van der Waals surface area contributed by atoms with E-state index in [0.717, 1.165) is 12.8 Å². The zero-order valence-electron chi connectivity index (χ0n) is 14.6. The van der Waals surface area contributed by atoms with E-state index >= 15 is 0 Å². The van der Waals surface area contributed by atoms with Crippen molar-refractivity contribution in [1.82, 2.24) is 4.90 Å². The highest BCUT2D eigenvalue weighted by molar-refractivity contribution is 6.31. The van der Waals surface area contributed by atoms with Gasteiger partial charge in [-0.25, -0.2) is 0 Å². The number of piperidine rings is 1. The summed E-state index contributed by atoms with van der Waals surface area (Å²) in [7, 11) is 0. The van der Waals surface area contributed by atoms with Gasteiger partial charge in [0.25, 0.3) is 5.91 Å². The second-order valence-corrected chi connectivity index (χ2v) is 7.00. The maximum Gasteiger partial charge on any atom is 0.254 e. The second kappa shape index (κ2) is 7.83. The lowest BCUT2D eigenvalue weighted by Crippen LogP contribution is -2.42. The largest absolute Gasteiger partial charge is 0.338 e. The monoisotopic (exact) mass is 369 g/mol. The number of likely N-dealkylation sites (tertiary alicyclic amines) is 1. The Morgan fingerprint density at radius 2 is 1.77 bits per heavy atom. The predicted molar refractivity (Wildman–Crippen MR) is 101 cm³/mol. The fraction of sp³-hybridized carbons (Fsp3) is 0.286. The molecule has 26 heavy (non-hydrogen) atoms. The second-order valence-electron chi connectivity index (χ2n) is 6.57. The molecule has 1 heterocycles. The van der Waals surface area contributed by atoms with Gasteiger partial charge >= 0.3 is 0 Å². The van der Waals surface area contributed by atoms with Crippen LogP contribution in [-0.2, 0) is 0 Å². The van der Waals surface area contributed by atoms with Crippen molar-refractivity contribution in [2.45, 2.75) is 19.8 Å². The van der Waals surface area contributed by atoms with Crippen LogP contribution in [0.5, 0.6) is 0 Å². The standard InChI is InChI=1S/C21H20ClNO3/c1-14(24)18-9-2-3-10-19(18)21(26)23-11-5-7-16(13-23)20(25)15-6-4-8-17(22)12-15/h2-4,6,8-10,12,16H,5,7,11,13H2,1H3/t16-/m1/s1. The number of amides is 1. The van der Waals surface area contributed by atoms with Gasteiger partial charge in [-0.1, -0.05) is 41.9 Å². The van der Waals surface area contributed by atoms with Gasteiger partial charge in [0, 0.05) is 35.2 Å². The van der Waals surface area contributed by atoms with Crippen molar-refractivity contribution in [3.05, 3.63) is 70.2 Å². The minimum atomic E-state index is -0.254. The number of carbonyl (C=O) groups is 3. The molecule has 2 aromatic rings. The van der Waals surface area contributed by atoms with Gasteiger partial charge in [0.05, 0.1) is 5.56 Å². The normalized spacial score (nSPS) is 17.0. The topological polar surface area (TPSA) is 54.5 Å². The first-order valence-electron chi connectivity index (χ1n) is 8.66. The molecule has 1 aliphatic rings. The average Bonchev–Trinajstić information content (AvgIpc) is 2.67. The molecule has 0 bridgehead atoms. The molecule has 1 amide bonds. The number of ketones is 2. The van der Waals surface area contributed by atoms with Crippen LogP contribution in [0.3, 0.4) is 0 Å². The molecule has 1 aliphatic heterocycles. The van der Waals surface area contributed by atoms with Gasteiger partial charge < -0.3 is 4.90 Å². The Kier molecular flexibility index (Phi) is 5.52. The smallest absolute Gasteiger partial charge is 0.254 e. The third-order valence-electron chi connectivity index (χ3n) is 4.73. The SMILES string of the molecule is CC(=O)c1ccccc1C(=O)N1CCC[C@@H](C(=O)c2cccc(Cl)c2)C1. The van der Waals surface area contributed by atoms with E-state index in [1.54, 1.807) is 53.4 Å². The Hall–Kier alpha value is -2.46. The van der Waals surface area contributed by atoms with E-state index in [2.05, 4.69) is 0 Å². The van der Waals surface area contributed by atoms with Crippen LogP contribution < -0.4 is 0 Å². The van der Waals surface area contributed by atoms with Crippen molar-refractivity contribution >= 4 is 29.1 Å². The summed E-state index contributed by atoms with van der Waals surface area (Å²) in [6.45, 7) is 2.40. The highest BCUT2D eigenvalue weighted by Gasteiger charge is 2.30. The Morgan fingerprint density at radius 3 is 2.46 bits per heavy atom. The van der Waals surface area contributed by atoms with Crippen molar-refractivity contribution in [1.29, 1.82) is 0 Å². The summed E-state index contributed by atoms with van der Waals surface area (Å²) in [5, 5.41) is 0.523. The molecule has 0 aliphatic carbocycles. The van der Waals surface area contributed by atoms with Crippen LogP contribution in [0.2, 0.25) is 5.02 Å². The van der Waals surface area contributed by atoms with E-state index in [9.17, 15) is 14.4 Å². The Morgan fingerprint density at radius 1 is 1.04 bits per heavy atom. The summed E-state index contributed by atoms with van der Waals surface area (Å²) >= 11 is 5.99. The minimum absolute atomic E-state index is 0.00449. The highest BCUT2D eigenvalue weighted by atomic mass is 35.5. The first-order chi connectivity index (χ1) is 12.5. The molecule has 134 valence electrons. The van der Waals surface area contributed by atoms with Gasteiger partial charge in [0.15, 0.2) is 11.6 Å². The van der Waals surface area contributed by atoms with Crippen molar-refractivity contribution in [2.75, 3.05) is 13.1 Å². The summed E-state index contributed by atoms with van der Waals surface area (Å²) in [5.74, 6) is -0.586. The number of halogens is 1. The highest BCUT2D eigenvalue weighted by Crippen LogP contribution is 2.24. The number of hydrogen-bond acceptors (Lipinski definition) is 3. The number of benzene rings is 2. The first-order valence-corrected chi connectivity index (χ1v) is 9.04. The summed E-state index contributed by atoms with van der Waals surface area (Å²) < 4.78 is 0. The summed E-state index contributed by atoms with van der Waals surface area (Å²) in [6, 6.07) is 13.7. The van der Waals surface area contributed by atoms with Gasteiger partial charge in [-0.3, -0.25) is 14.4 Å². The van der Waals surface area contributed by atoms with Crippen LogP contribution in [0.1, 0.15) is 50.8 Å². The summed E-state index contributed by atoms with van der Waals surface area (Å²) in [4.78, 5) is 39.2. The molecule has 3 rings (SSSR count). The van der Waals surface area contributed by atoms with Crippen molar-refractivity contribution in [3.8, 4) is 0 Å². The minimum Gasteiger partial charge on any atom is -0.338 e. The molecule has 0 unspecified atom stereocenters. The van der Waals surface area contributed by atoms with Crippen LogP contribution in [0.4, 0.5) is 0 Å². The lowest BCUT2D eigenvalue weighted by Gasteiger charge is -2.32. The molecule has 5 heteroatoms. The quantitative estimate of drug-likeness (QED) is 0.756. The molecule has 0 aromatic heterocycles. The Labute approximate surface area is 157 Å². The van der Waals surface area contributed by atoms with Crippen LogP contribution in [0.25, 0.3) is 0 Å². The van der Waals surface area contributed by atoms with Gasteiger partial charge in [0.1, 0.15) is 0 Å². The van der Waals surface area contributed by atoms with Crippen LogP contribution in [-0.4, -0.2) is 35.5 Å². The van der Waals surface area contributed by atoms with E-state index < -0.39 is 0 Å². The lowest BCUT2D eigenvalue weighted by molar-refractivity contribution is 0.0633. The molecule has 1 fully saturated rings. The van der Waals surface area contributed by atoms with Gasteiger partial charge in [-0.2, -0.15) is 0 Å². The van der Waals surface area contributed by atoms with Gasteiger partial charge in [-0.05, 0) is 38.0 Å². The van der Waals surface area contributed by atoms with Gasteiger partial charge in [-0.15, -0.1) is 0 Å². The van der Waals surface area contributed by atoms with Crippen molar-refractivity contribution in [2.24, 2.45) is 5.92 Å². The summed E-state index contributed by atoms with van der Waals surface area (Å²) in [6.07, 6.45) is 1.49. The molecule has 1 atom stereocenters. The molecule has 0 radical (unpaired) electrons. The third-order valence-corrected chi connectivity index (χ3v) is 4.96. The number of carbonyl (C=O) groups excluding carboxylic acids is 3. The fourth-order valence-corrected chi connectivity index (χ4v) is 3.59. The number of nitrogens with zero attached hydrogens (tertiary/aromatic N) is 1. The first kappa shape index (κ1) is 18.3. The Balaban J connectivity index is 1.79. The average molecular weight is 370 g/mol. The van der Waals surface area contributed by atoms with Gasteiger partial charge in [0.2, 0.25) is 0 Å². The molecule has 0 saturated carbocycles. The molecule has 1 saturated heterocycles. The Bertz CT molecular complexity index is 862. The number of hydrogen-bond donors (Lipinski definition) is 0.